The number of esters is 1. The summed E-state index contributed by atoms with van der Waals surface area (Å²) in [5.41, 5.74) is 1.67. The molecule has 39 heavy (non-hydrogen) atoms. The van der Waals surface area contributed by atoms with Crippen molar-refractivity contribution in [2.45, 2.75) is 84.8 Å². The summed E-state index contributed by atoms with van der Waals surface area (Å²) >= 11 is 0. The van der Waals surface area contributed by atoms with Crippen molar-refractivity contribution in [1.82, 2.24) is 14.5 Å². The summed E-state index contributed by atoms with van der Waals surface area (Å²) in [6, 6.07) is 9.44. The third-order valence-electron chi connectivity index (χ3n) is 7.57. The van der Waals surface area contributed by atoms with E-state index in [1.165, 1.54) is 0 Å². The van der Waals surface area contributed by atoms with Crippen molar-refractivity contribution in [3.05, 3.63) is 62.9 Å². The van der Waals surface area contributed by atoms with Gasteiger partial charge in [0.05, 0.1) is 29.0 Å². The molecule has 1 amide bonds. The lowest BCUT2D eigenvalue weighted by molar-refractivity contribution is -0.172. The lowest BCUT2D eigenvalue weighted by Gasteiger charge is -2.31. The monoisotopic (exact) mass is 533 g/mol. The Balaban J connectivity index is 1.62. The number of carbonyl (C=O) groups is 2. The van der Waals surface area contributed by atoms with Crippen LogP contribution < -0.4 is 5.56 Å². The first-order valence-corrected chi connectivity index (χ1v) is 13.4. The van der Waals surface area contributed by atoms with Gasteiger partial charge in [0.2, 0.25) is 0 Å². The number of para-hydroxylation sites is 1. The number of hydrogen-bond donors (Lipinski definition) is 1. The van der Waals surface area contributed by atoms with Crippen molar-refractivity contribution in [2.75, 3.05) is 6.54 Å². The standard InChI is InChI=1S/C30H35N3O6/c1-7-30(37)22-14-24-25-20(15-33(24)26(34)21(22)16-38-27(30)35)18(19-10-8-9-11-23(19)31-25)12-13-32(17(2)3)28(36)39-29(4,5)6/h8-11,14,17,37H,7,12-13,15-16H2,1-6H3/t30-/m0/s1. The van der Waals surface area contributed by atoms with Crippen LogP contribution in [-0.2, 0) is 39.4 Å². The normalized spacial score (nSPS) is 18.0. The predicted molar refractivity (Wildman–Crippen MR) is 146 cm³/mol. The summed E-state index contributed by atoms with van der Waals surface area (Å²) in [7, 11) is 0. The minimum absolute atomic E-state index is 0.0724. The van der Waals surface area contributed by atoms with Gasteiger partial charge in [-0.3, -0.25) is 4.79 Å². The molecule has 4 heterocycles. The Bertz CT molecular complexity index is 1550. The van der Waals surface area contributed by atoms with Crippen LogP contribution in [0.3, 0.4) is 0 Å². The first-order chi connectivity index (χ1) is 18.4. The van der Waals surface area contributed by atoms with Crippen LogP contribution >= 0.6 is 0 Å². The van der Waals surface area contributed by atoms with Crippen LogP contribution in [0.5, 0.6) is 0 Å². The van der Waals surface area contributed by atoms with Crippen molar-refractivity contribution in [2.24, 2.45) is 0 Å². The molecule has 2 aromatic heterocycles. The molecule has 9 nitrogen and oxygen atoms in total. The smallest absolute Gasteiger partial charge is 0.410 e. The SMILES string of the molecule is CC[C@@]1(O)C(=O)OCc2c1cc1n(c2=O)Cc2c-1nc1ccccc1c2CCN(C(=O)OC(C)(C)C)C(C)C. The van der Waals surface area contributed by atoms with Crippen molar-refractivity contribution >= 4 is 23.0 Å². The summed E-state index contributed by atoms with van der Waals surface area (Å²) in [5.74, 6) is -0.747. The van der Waals surface area contributed by atoms with Crippen LogP contribution in [0.1, 0.15) is 70.2 Å². The number of aromatic nitrogens is 2. The highest BCUT2D eigenvalue weighted by Crippen LogP contribution is 2.40. The molecule has 3 aromatic rings. The number of rotatable bonds is 5. The largest absolute Gasteiger partial charge is 0.458 e. The Hall–Kier alpha value is -3.72. The minimum atomic E-state index is -1.88. The number of fused-ring (bicyclic) bond motifs is 5. The molecular formula is C30H35N3O6. The number of hydrogen-bond acceptors (Lipinski definition) is 7. The van der Waals surface area contributed by atoms with E-state index in [-0.39, 0.29) is 41.8 Å². The van der Waals surface area contributed by atoms with Gasteiger partial charge < -0.3 is 24.0 Å². The molecule has 1 N–H and O–H groups in total. The van der Waals surface area contributed by atoms with Gasteiger partial charge in [-0.05, 0) is 65.2 Å². The fourth-order valence-corrected chi connectivity index (χ4v) is 5.51. The molecule has 1 aromatic carbocycles. The fourth-order valence-electron chi connectivity index (χ4n) is 5.51. The fraction of sp³-hybridized carbons (Fsp3) is 0.467. The van der Waals surface area contributed by atoms with E-state index < -0.39 is 17.2 Å². The van der Waals surface area contributed by atoms with E-state index in [1.54, 1.807) is 22.5 Å². The summed E-state index contributed by atoms with van der Waals surface area (Å²) in [5, 5.41) is 12.1. The molecule has 2 aliphatic heterocycles. The molecule has 0 bridgehead atoms. The van der Waals surface area contributed by atoms with E-state index in [0.717, 1.165) is 22.0 Å². The average Bonchev–Trinajstić information content (AvgIpc) is 3.23. The maximum absolute atomic E-state index is 13.6. The van der Waals surface area contributed by atoms with Gasteiger partial charge >= 0.3 is 12.1 Å². The minimum Gasteiger partial charge on any atom is -0.458 e. The third-order valence-corrected chi connectivity index (χ3v) is 7.57. The number of cyclic esters (lactones) is 1. The van der Waals surface area contributed by atoms with Gasteiger partial charge in [-0.15, -0.1) is 0 Å². The van der Waals surface area contributed by atoms with E-state index in [9.17, 15) is 19.5 Å². The van der Waals surface area contributed by atoms with Crippen LogP contribution in [0.2, 0.25) is 0 Å². The number of carbonyl (C=O) groups excluding carboxylic acids is 2. The predicted octanol–water partition coefficient (Wildman–Crippen LogP) is 4.27. The van der Waals surface area contributed by atoms with Gasteiger partial charge in [0.1, 0.15) is 12.2 Å². The first-order valence-electron chi connectivity index (χ1n) is 13.4. The topological polar surface area (TPSA) is 111 Å². The lowest BCUT2D eigenvalue weighted by Crippen LogP contribution is -2.44. The van der Waals surface area contributed by atoms with E-state index in [0.29, 0.717) is 30.9 Å². The summed E-state index contributed by atoms with van der Waals surface area (Å²) in [6.07, 6.45) is 0.245. The van der Waals surface area contributed by atoms with Crippen LogP contribution in [0, 0.1) is 0 Å². The Morgan fingerprint density at radius 2 is 1.95 bits per heavy atom. The van der Waals surface area contributed by atoms with Crippen LogP contribution in [0.4, 0.5) is 4.79 Å². The van der Waals surface area contributed by atoms with Gasteiger partial charge in [-0.25, -0.2) is 14.6 Å². The molecular weight excluding hydrogens is 498 g/mol. The second-order valence-corrected chi connectivity index (χ2v) is 11.6. The Morgan fingerprint density at radius 1 is 1.23 bits per heavy atom. The Kier molecular flexibility index (Phi) is 6.53. The average molecular weight is 534 g/mol. The van der Waals surface area contributed by atoms with Crippen molar-refractivity contribution < 1.29 is 24.2 Å². The lowest BCUT2D eigenvalue weighted by atomic mass is 9.86. The summed E-state index contributed by atoms with van der Waals surface area (Å²) in [4.78, 5) is 45.8. The van der Waals surface area contributed by atoms with E-state index >= 15 is 0 Å². The van der Waals surface area contributed by atoms with Gasteiger partial charge in [0, 0.05) is 29.1 Å². The van der Waals surface area contributed by atoms with Crippen molar-refractivity contribution in [3.63, 3.8) is 0 Å². The maximum atomic E-state index is 13.6. The Morgan fingerprint density at radius 3 is 2.62 bits per heavy atom. The first kappa shape index (κ1) is 26.9. The molecule has 0 saturated heterocycles. The maximum Gasteiger partial charge on any atom is 0.410 e. The molecule has 0 unspecified atom stereocenters. The second kappa shape index (κ2) is 9.48. The molecule has 0 saturated carbocycles. The summed E-state index contributed by atoms with van der Waals surface area (Å²) in [6.45, 7) is 11.7. The van der Waals surface area contributed by atoms with Crippen LogP contribution in [-0.4, -0.2) is 49.8 Å². The number of amides is 1. The van der Waals surface area contributed by atoms with Gasteiger partial charge in [-0.1, -0.05) is 25.1 Å². The number of ether oxygens (including phenoxy) is 2. The molecule has 0 aliphatic carbocycles. The van der Waals surface area contributed by atoms with E-state index in [1.807, 2.05) is 58.9 Å². The zero-order valence-corrected chi connectivity index (χ0v) is 23.3. The number of aliphatic hydroxyl groups is 1. The molecule has 2 aliphatic rings. The molecule has 1 atom stereocenters. The zero-order chi connectivity index (χ0) is 28.3. The molecule has 206 valence electrons. The third kappa shape index (κ3) is 4.48. The van der Waals surface area contributed by atoms with E-state index in [2.05, 4.69) is 0 Å². The number of nitrogens with zero attached hydrogens (tertiary/aromatic N) is 3. The number of pyridine rings is 2. The highest BCUT2D eigenvalue weighted by molar-refractivity contribution is 5.89. The highest BCUT2D eigenvalue weighted by Gasteiger charge is 2.45. The molecule has 0 spiro atoms. The molecule has 5 rings (SSSR count). The van der Waals surface area contributed by atoms with Gasteiger partial charge in [0.25, 0.3) is 5.56 Å². The zero-order valence-electron chi connectivity index (χ0n) is 23.3. The molecule has 9 heteroatoms. The van der Waals surface area contributed by atoms with Gasteiger partial charge in [-0.2, -0.15) is 0 Å². The van der Waals surface area contributed by atoms with Gasteiger partial charge in [0.15, 0.2) is 5.60 Å². The summed E-state index contributed by atoms with van der Waals surface area (Å²) < 4.78 is 12.5. The number of benzene rings is 1. The molecule has 0 fully saturated rings. The highest BCUT2D eigenvalue weighted by atomic mass is 16.6. The van der Waals surface area contributed by atoms with Crippen molar-refractivity contribution in [3.8, 4) is 11.4 Å². The van der Waals surface area contributed by atoms with Crippen LogP contribution in [0.15, 0.2) is 35.1 Å². The quantitative estimate of drug-likeness (QED) is 0.382. The van der Waals surface area contributed by atoms with E-state index in [4.69, 9.17) is 14.5 Å². The second-order valence-electron chi connectivity index (χ2n) is 11.6. The van der Waals surface area contributed by atoms with Crippen molar-refractivity contribution in [1.29, 1.82) is 0 Å². The van der Waals surface area contributed by atoms with Crippen LogP contribution in [0.25, 0.3) is 22.3 Å². The molecule has 0 radical (unpaired) electrons. The Labute approximate surface area is 227 Å².